The van der Waals surface area contributed by atoms with Gasteiger partial charge in [0, 0.05) is 21.1 Å². The van der Waals surface area contributed by atoms with E-state index in [1.54, 1.807) is 26.0 Å². The predicted octanol–water partition coefficient (Wildman–Crippen LogP) is 4.85. The third-order valence-corrected chi connectivity index (χ3v) is 6.35. The second-order valence-electron chi connectivity index (χ2n) is 6.60. The monoisotopic (exact) mass is 489 g/mol. The van der Waals surface area contributed by atoms with Crippen molar-refractivity contribution in [2.75, 3.05) is 10.0 Å². The van der Waals surface area contributed by atoms with E-state index in [1.807, 2.05) is 12.1 Å². The van der Waals surface area contributed by atoms with E-state index in [0.717, 1.165) is 9.86 Å². The lowest BCUT2D eigenvalue weighted by Crippen LogP contribution is -2.14. The van der Waals surface area contributed by atoms with Gasteiger partial charge in [-0.1, -0.05) is 21.1 Å². The molecule has 2 aromatic heterocycles. The van der Waals surface area contributed by atoms with Crippen LogP contribution in [-0.2, 0) is 10.0 Å². The Bertz CT molecular complexity index is 1360. The molecular weight excluding hydrogens is 474 g/mol. The van der Waals surface area contributed by atoms with Crippen molar-refractivity contribution in [1.82, 2.24) is 5.16 Å². The summed E-state index contributed by atoms with van der Waals surface area (Å²) in [5.74, 6) is -0.220. The molecule has 0 aliphatic carbocycles. The van der Waals surface area contributed by atoms with Gasteiger partial charge in [0.1, 0.15) is 5.58 Å². The Morgan fingerprint density at radius 1 is 1.07 bits per heavy atom. The summed E-state index contributed by atoms with van der Waals surface area (Å²) in [4.78, 5) is 12.5. The van der Waals surface area contributed by atoms with Crippen molar-refractivity contribution in [1.29, 1.82) is 0 Å². The van der Waals surface area contributed by atoms with Crippen LogP contribution in [0, 0.1) is 13.8 Å². The van der Waals surface area contributed by atoms with E-state index in [2.05, 4.69) is 31.1 Å². The SMILES string of the molecule is Cc1noc(NS(=O)(=O)c2ccc(NC(=O)c3cc4cc(Br)ccc4o3)cc2)c1C. The van der Waals surface area contributed by atoms with Crippen LogP contribution < -0.4 is 10.0 Å². The first-order valence-electron chi connectivity index (χ1n) is 8.79. The van der Waals surface area contributed by atoms with E-state index in [4.69, 9.17) is 8.94 Å². The van der Waals surface area contributed by atoms with Gasteiger partial charge in [-0.05, 0) is 62.4 Å². The van der Waals surface area contributed by atoms with Gasteiger partial charge in [-0.15, -0.1) is 0 Å². The maximum Gasteiger partial charge on any atom is 0.291 e. The number of anilines is 2. The maximum atomic E-state index is 12.5. The zero-order valence-corrected chi connectivity index (χ0v) is 18.3. The van der Waals surface area contributed by atoms with Crippen molar-refractivity contribution < 1.29 is 22.2 Å². The van der Waals surface area contributed by atoms with Gasteiger partial charge in [0.25, 0.3) is 15.9 Å². The van der Waals surface area contributed by atoms with Crippen molar-refractivity contribution >= 4 is 54.4 Å². The molecule has 8 nitrogen and oxygen atoms in total. The van der Waals surface area contributed by atoms with Crippen molar-refractivity contribution in [2.24, 2.45) is 0 Å². The van der Waals surface area contributed by atoms with E-state index in [1.165, 1.54) is 24.3 Å². The molecule has 0 radical (unpaired) electrons. The molecule has 2 N–H and O–H groups in total. The molecule has 10 heteroatoms. The summed E-state index contributed by atoms with van der Waals surface area (Å²) in [7, 11) is -3.86. The fourth-order valence-corrected chi connectivity index (χ4v) is 4.15. The number of rotatable bonds is 5. The van der Waals surface area contributed by atoms with Crippen LogP contribution in [0.3, 0.4) is 0 Å². The van der Waals surface area contributed by atoms with Crippen molar-refractivity contribution in [3.8, 4) is 0 Å². The minimum Gasteiger partial charge on any atom is -0.451 e. The molecule has 4 rings (SSSR count). The van der Waals surface area contributed by atoms with Gasteiger partial charge in [0.15, 0.2) is 5.76 Å². The Hall–Kier alpha value is -3.11. The lowest BCUT2D eigenvalue weighted by atomic mass is 10.2. The second kappa shape index (κ2) is 7.62. The summed E-state index contributed by atoms with van der Waals surface area (Å²) < 4.78 is 38.9. The quantitative estimate of drug-likeness (QED) is 0.413. The highest BCUT2D eigenvalue weighted by Crippen LogP contribution is 2.25. The number of aromatic nitrogens is 1. The molecule has 4 aromatic rings. The third-order valence-electron chi connectivity index (χ3n) is 4.51. The fraction of sp³-hybridized carbons (Fsp3) is 0.100. The van der Waals surface area contributed by atoms with Gasteiger partial charge in [-0.3, -0.25) is 4.79 Å². The minimum absolute atomic E-state index is 0.0162. The number of aryl methyl sites for hydroxylation is 1. The number of amides is 1. The number of carbonyl (C=O) groups is 1. The second-order valence-corrected chi connectivity index (χ2v) is 9.20. The number of carbonyl (C=O) groups excluding carboxylic acids is 1. The average molecular weight is 490 g/mol. The van der Waals surface area contributed by atoms with E-state index >= 15 is 0 Å². The van der Waals surface area contributed by atoms with Crippen LogP contribution >= 0.6 is 15.9 Å². The Labute approximate surface area is 180 Å². The zero-order chi connectivity index (χ0) is 21.5. The molecule has 2 aromatic carbocycles. The first-order valence-corrected chi connectivity index (χ1v) is 11.1. The maximum absolute atomic E-state index is 12.5. The summed E-state index contributed by atoms with van der Waals surface area (Å²) in [5, 5.41) is 7.21. The summed E-state index contributed by atoms with van der Waals surface area (Å²) in [5.41, 5.74) is 2.23. The first-order chi connectivity index (χ1) is 14.2. The summed E-state index contributed by atoms with van der Waals surface area (Å²) in [6.45, 7) is 3.42. The minimum atomic E-state index is -3.86. The van der Waals surface area contributed by atoms with Gasteiger partial charge in [-0.25, -0.2) is 13.1 Å². The summed E-state index contributed by atoms with van der Waals surface area (Å²) in [6, 6.07) is 12.8. The van der Waals surface area contributed by atoms with Crippen LogP contribution in [-0.4, -0.2) is 19.5 Å². The van der Waals surface area contributed by atoms with Crippen molar-refractivity contribution in [3.05, 3.63) is 70.0 Å². The van der Waals surface area contributed by atoms with E-state index in [0.29, 0.717) is 22.5 Å². The Morgan fingerprint density at radius 3 is 2.47 bits per heavy atom. The van der Waals surface area contributed by atoms with Gasteiger partial charge in [0.05, 0.1) is 10.6 Å². The van der Waals surface area contributed by atoms with E-state index in [-0.39, 0.29) is 16.5 Å². The number of fused-ring (bicyclic) bond motifs is 1. The van der Waals surface area contributed by atoms with Crippen LogP contribution in [0.15, 0.2) is 66.8 Å². The lowest BCUT2D eigenvalue weighted by molar-refractivity contribution is 0.0998. The topological polar surface area (TPSA) is 114 Å². The fourth-order valence-electron chi connectivity index (χ4n) is 2.73. The number of sulfonamides is 1. The number of halogens is 1. The molecule has 0 saturated carbocycles. The predicted molar refractivity (Wildman–Crippen MR) is 115 cm³/mol. The Morgan fingerprint density at radius 2 is 1.80 bits per heavy atom. The molecule has 0 bridgehead atoms. The number of furan rings is 1. The molecule has 30 heavy (non-hydrogen) atoms. The average Bonchev–Trinajstić information content (AvgIpc) is 3.26. The largest absolute Gasteiger partial charge is 0.451 e. The Balaban J connectivity index is 1.49. The standard InChI is InChI=1S/C20H16BrN3O5S/c1-11-12(2)23-29-20(11)24-30(26,27)16-6-4-15(5-7-16)22-19(25)18-10-13-9-14(21)3-8-17(13)28-18/h3-10,24H,1-2H3,(H,22,25). The molecule has 2 heterocycles. The van der Waals surface area contributed by atoms with Crippen LogP contribution in [0.4, 0.5) is 11.6 Å². The number of nitrogens with zero attached hydrogens (tertiary/aromatic N) is 1. The molecule has 0 unspecified atom stereocenters. The van der Waals surface area contributed by atoms with Crippen LogP contribution in [0.25, 0.3) is 11.0 Å². The van der Waals surface area contributed by atoms with Crippen LogP contribution in [0.5, 0.6) is 0 Å². The first kappa shape index (κ1) is 20.2. The molecule has 1 amide bonds. The van der Waals surface area contributed by atoms with Crippen molar-refractivity contribution in [2.45, 2.75) is 18.7 Å². The number of nitrogens with one attached hydrogen (secondary N) is 2. The highest BCUT2D eigenvalue weighted by atomic mass is 79.9. The molecule has 0 saturated heterocycles. The normalized spacial score (nSPS) is 11.6. The highest BCUT2D eigenvalue weighted by molar-refractivity contribution is 9.10. The van der Waals surface area contributed by atoms with E-state index < -0.39 is 15.9 Å². The van der Waals surface area contributed by atoms with Crippen LogP contribution in [0.1, 0.15) is 21.8 Å². The number of hydrogen-bond donors (Lipinski definition) is 2. The molecule has 0 atom stereocenters. The highest BCUT2D eigenvalue weighted by Gasteiger charge is 2.19. The summed E-state index contributed by atoms with van der Waals surface area (Å²) >= 11 is 3.38. The molecule has 0 aliphatic heterocycles. The Kier molecular flexibility index (Phi) is 5.12. The molecule has 0 fully saturated rings. The van der Waals surface area contributed by atoms with E-state index in [9.17, 15) is 13.2 Å². The smallest absolute Gasteiger partial charge is 0.291 e. The van der Waals surface area contributed by atoms with Gasteiger partial charge < -0.3 is 14.3 Å². The van der Waals surface area contributed by atoms with Gasteiger partial charge in [-0.2, -0.15) is 0 Å². The van der Waals surface area contributed by atoms with Crippen LogP contribution in [0.2, 0.25) is 0 Å². The molecular formula is C20H16BrN3O5S. The third kappa shape index (κ3) is 3.96. The van der Waals surface area contributed by atoms with Gasteiger partial charge >= 0.3 is 0 Å². The summed E-state index contributed by atoms with van der Waals surface area (Å²) in [6.07, 6.45) is 0. The number of hydrogen-bond acceptors (Lipinski definition) is 6. The molecule has 0 spiro atoms. The molecule has 0 aliphatic rings. The lowest BCUT2D eigenvalue weighted by Gasteiger charge is -2.07. The molecule has 154 valence electrons. The zero-order valence-electron chi connectivity index (χ0n) is 15.9. The van der Waals surface area contributed by atoms with Gasteiger partial charge in [0.2, 0.25) is 5.88 Å². The number of benzene rings is 2. The van der Waals surface area contributed by atoms with Crippen molar-refractivity contribution in [3.63, 3.8) is 0 Å².